The molecular formula is C6H2ClF2IN2O4S. The van der Waals surface area contributed by atoms with Crippen LogP contribution >= 0.6 is 33.3 Å². The van der Waals surface area contributed by atoms with E-state index in [0.717, 1.165) is 0 Å². The first kappa shape index (κ1) is 14.4. The van der Waals surface area contributed by atoms with Crippen LogP contribution in [0, 0.1) is 13.7 Å². The summed E-state index contributed by atoms with van der Waals surface area (Å²) in [4.78, 5) is 12.7. The van der Waals surface area contributed by atoms with Gasteiger partial charge in [-0.15, -0.1) is 0 Å². The first-order chi connectivity index (χ1) is 7.66. The summed E-state index contributed by atoms with van der Waals surface area (Å²) in [5.41, 5.74) is -1.96. The minimum atomic E-state index is -4.33. The molecule has 1 heterocycles. The Hall–Kier alpha value is -0.620. The van der Waals surface area contributed by atoms with Crippen molar-refractivity contribution in [3.63, 3.8) is 0 Å². The van der Waals surface area contributed by atoms with Crippen LogP contribution in [0.25, 0.3) is 0 Å². The fraction of sp³-hybridized carbons (Fsp3) is 0.167. The zero-order chi connectivity index (χ0) is 13.4. The third-order valence-corrected chi connectivity index (χ3v) is 4.24. The number of alkyl halides is 2. The number of halogens is 4. The van der Waals surface area contributed by atoms with Crippen molar-refractivity contribution < 1.29 is 22.1 Å². The Bertz CT molecular complexity index is 580. The summed E-state index contributed by atoms with van der Waals surface area (Å²) in [6.45, 7) is 0. The number of nitrogens with zero attached hydrogens (tertiary/aromatic N) is 2. The van der Waals surface area contributed by atoms with Crippen LogP contribution in [0.15, 0.2) is 11.2 Å². The van der Waals surface area contributed by atoms with Crippen molar-refractivity contribution in [2.45, 2.75) is 11.5 Å². The predicted octanol–water partition coefficient (Wildman–Crippen LogP) is 2.46. The van der Waals surface area contributed by atoms with Crippen molar-refractivity contribution in [1.82, 2.24) is 4.98 Å². The molecule has 0 N–H and O–H groups in total. The molecule has 0 aliphatic carbocycles. The SMILES string of the molecule is O=[N+]([O-])c1c(C(F)F)cnc(S(=O)(=O)Cl)c1I. The molecule has 0 saturated carbocycles. The fourth-order valence-corrected chi connectivity index (χ4v) is 3.74. The molecule has 0 spiro atoms. The molecule has 0 fully saturated rings. The number of pyridine rings is 1. The summed E-state index contributed by atoms with van der Waals surface area (Å²) in [5, 5.41) is 9.82. The third-order valence-electron chi connectivity index (χ3n) is 1.64. The van der Waals surface area contributed by atoms with E-state index in [1.165, 1.54) is 22.6 Å². The molecule has 0 aliphatic heterocycles. The molecule has 0 unspecified atom stereocenters. The highest BCUT2D eigenvalue weighted by atomic mass is 127. The highest BCUT2D eigenvalue weighted by Gasteiger charge is 2.31. The Morgan fingerprint density at radius 1 is 1.53 bits per heavy atom. The van der Waals surface area contributed by atoms with Gasteiger partial charge in [0.15, 0.2) is 5.03 Å². The zero-order valence-corrected chi connectivity index (χ0v) is 11.3. The highest BCUT2D eigenvalue weighted by Crippen LogP contribution is 2.35. The molecule has 0 radical (unpaired) electrons. The minimum Gasteiger partial charge on any atom is -0.258 e. The Balaban J connectivity index is 3.67. The van der Waals surface area contributed by atoms with Crippen LogP contribution in [0.1, 0.15) is 12.0 Å². The monoisotopic (exact) mass is 398 g/mol. The predicted molar refractivity (Wildman–Crippen MR) is 61.6 cm³/mol. The van der Waals surface area contributed by atoms with Gasteiger partial charge in [-0.05, 0) is 22.6 Å². The number of hydrogen-bond donors (Lipinski definition) is 0. The average Bonchev–Trinajstić information content (AvgIpc) is 2.13. The molecule has 6 nitrogen and oxygen atoms in total. The summed E-state index contributed by atoms with van der Waals surface area (Å²) in [6, 6.07) is 0. The van der Waals surface area contributed by atoms with E-state index < -0.39 is 40.2 Å². The number of rotatable bonds is 3. The maximum absolute atomic E-state index is 12.5. The third kappa shape index (κ3) is 2.98. The van der Waals surface area contributed by atoms with Crippen LogP contribution < -0.4 is 0 Å². The topological polar surface area (TPSA) is 90.2 Å². The zero-order valence-electron chi connectivity index (χ0n) is 7.60. The molecule has 0 atom stereocenters. The van der Waals surface area contributed by atoms with Gasteiger partial charge < -0.3 is 0 Å². The molecule has 0 amide bonds. The van der Waals surface area contributed by atoms with Gasteiger partial charge >= 0.3 is 0 Å². The number of nitro groups is 1. The fourth-order valence-electron chi connectivity index (χ4n) is 0.989. The van der Waals surface area contributed by atoms with E-state index in [4.69, 9.17) is 10.7 Å². The van der Waals surface area contributed by atoms with E-state index in [-0.39, 0.29) is 0 Å². The highest BCUT2D eigenvalue weighted by molar-refractivity contribution is 14.1. The first-order valence-electron chi connectivity index (χ1n) is 3.72. The van der Waals surface area contributed by atoms with Crippen LogP contribution in [0.2, 0.25) is 0 Å². The van der Waals surface area contributed by atoms with Gasteiger partial charge in [0, 0.05) is 16.9 Å². The van der Waals surface area contributed by atoms with Gasteiger partial charge in [0.25, 0.3) is 21.2 Å². The summed E-state index contributed by atoms with van der Waals surface area (Å²) in [5.74, 6) is 0. The molecule has 1 aromatic heterocycles. The van der Waals surface area contributed by atoms with Crippen LogP contribution in [0.4, 0.5) is 14.5 Å². The first-order valence-corrected chi connectivity index (χ1v) is 7.10. The second-order valence-corrected chi connectivity index (χ2v) is 6.24. The quantitative estimate of drug-likeness (QED) is 0.338. The molecule has 11 heteroatoms. The van der Waals surface area contributed by atoms with Crippen molar-refractivity contribution in [3.8, 4) is 0 Å². The Kier molecular flexibility index (Phi) is 4.19. The van der Waals surface area contributed by atoms with Crippen molar-refractivity contribution in [1.29, 1.82) is 0 Å². The Labute approximate surface area is 112 Å². The lowest BCUT2D eigenvalue weighted by molar-refractivity contribution is -0.387. The van der Waals surface area contributed by atoms with Gasteiger partial charge in [-0.25, -0.2) is 22.2 Å². The summed E-state index contributed by atoms with van der Waals surface area (Å²) < 4.78 is 46.4. The van der Waals surface area contributed by atoms with E-state index in [2.05, 4.69) is 4.98 Å². The maximum Gasteiger partial charge on any atom is 0.296 e. The van der Waals surface area contributed by atoms with Crippen molar-refractivity contribution in [3.05, 3.63) is 25.4 Å². The van der Waals surface area contributed by atoms with Crippen molar-refractivity contribution in [2.75, 3.05) is 0 Å². The van der Waals surface area contributed by atoms with E-state index in [1.54, 1.807) is 0 Å². The van der Waals surface area contributed by atoms with Crippen LogP contribution in [0.3, 0.4) is 0 Å². The molecule has 1 rings (SSSR count). The van der Waals surface area contributed by atoms with Gasteiger partial charge in [0.1, 0.15) is 9.13 Å². The lowest BCUT2D eigenvalue weighted by Gasteiger charge is -2.05. The molecule has 94 valence electrons. The second kappa shape index (κ2) is 4.94. The van der Waals surface area contributed by atoms with Crippen molar-refractivity contribution >= 4 is 48.0 Å². The lowest BCUT2D eigenvalue weighted by atomic mass is 10.2. The van der Waals surface area contributed by atoms with Gasteiger partial charge in [-0.2, -0.15) is 0 Å². The van der Waals surface area contributed by atoms with Crippen molar-refractivity contribution in [2.24, 2.45) is 0 Å². The number of aromatic nitrogens is 1. The molecular weight excluding hydrogens is 396 g/mol. The van der Waals surface area contributed by atoms with Gasteiger partial charge in [-0.1, -0.05) is 0 Å². The molecule has 0 bridgehead atoms. The van der Waals surface area contributed by atoms with Gasteiger partial charge in [0.2, 0.25) is 0 Å². The maximum atomic E-state index is 12.5. The smallest absolute Gasteiger partial charge is 0.258 e. The van der Waals surface area contributed by atoms with Crippen LogP contribution in [0.5, 0.6) is 0 Å². The molecule has 17 heavy (non-hydrogen) atoms. The van der Waals surface area contributed by atoms with Gasteiger partial charge in [0.05, 0.1) is 4.92 Å². The molecule has 1 aromatic rings. The van der Waals surface area contributed by atoms with E-state index >= 15 is 0 Å². The summed E-state index contributed by atoms with van der Waals surface area (Å²) in [7, 11) is 0.640. The molecule has 0 aromatic carbocycles. The summed E-state index contributed by atoms with van der Waals surface area (Å²) in [6.07, 6.45) is -2.70. The largest absolute Gasteiger partial charge is 0.296 e. The molecule has 0 saturated heterocycles. The standard InChI is InChI=1S/C6H2ClF2IN2O4S/c7-17(15,16)6-3(10)4(12(13)14)2(1-11-6)5(8)9/h1,5H. The van der Waals surface area contributed by atoms with Crippen LogP contribution in [-0.4, -0.2) is 18.3 Å². The lowest BCUT2D eigenvalue weighted by Crippen LogP contribution is -2.06. The van der Waals surface area contributed by atoms with E-state index in [1.807, 2.05) is 0 Å². The Morgan fingerprint density at radius 2 is 2.06 bits per heavy atom. The minimum absolute atomic E-state index is 0.431. The van der Waals surface area contributed by atoms with E-state index in [0.29, 0.717) is 6.20 Å². The second-order valence-electron chi connectivity index (χ2n) is 2.68. The van der Waals surface area contributed by atoms with E-state index in [9.17, 15) is 27.3 Å². The molecule has 0 aliphatic rings. The van der Waals surface area contributed by atoms with Gasteiger partial charge in [-0.3, -0.25) is 10.1 Å². The average molecular weight is 399 g/mol. The Morgan fingerprint density at radius 3 is 2.41 bits per heavy atom. The van der Waals surface area contributed by atoms with Crippen LogP contribution in [-0.2, 0) is 9.05 Å². The number of hydrogen-bond acceptors (Lipinski definition) is 5. The summed E-state index contributed by atoms with van der Waals surface area (Å²) >= 11 is 1.24. The normalized spacial score (nSPS) is 11.8.